The first-order valence-electron chi connectivity index (χ1n) is 7.09. The highest BCUT2D eigenvalue weighted by Gasteiger charge is 2.37. The van der Waals surface area contributed by atoms with Gasteiger partial charge in [-0.25, -0.2) is 8.78 Å². The molecule has 1 unspecified atom stereocenters. The molecule has 0 aromatic carbocycles. The second-order valence-electron chi connectivity index (χ2n) is 5.43. The van der Waals surface area contributed by atoms with Crippen molar-refractivity contribution < 1.29 is 8.78 Å². The first kappa shape index (κ1) is 14.9. The molecule has 1 heterocycles. The Labute approximate surface area is 117 Å². The molecule has 0 bridgehead atoms. The summed E-state index contributed by atoms with van der Waals surface area (Å²) in [6, 6.07) is 0.316. The zero-order valence-electron chi connectivity index (χ0n) is 11.4. The van der Waals surface area contributed by atoms with Crippen LogP contribution in [-0.4, -0.2) is 23.5 Å². The first-order chi connectivity index (χ1) is 9.11. The van der Waals surface area contributed by atoms with Gasteiger partial charge in [0.25, 0.3) is 0 Å². The molecule has 1 aromatic heterocycles. The average Bonchev–Trinajstić information content (AvgIpc) is 2.87. The zero-order valence-corrected chi connectivity index (χ0v) is 12.2. The molecule has 2 nitrogen and oxygen atoms in total. The van der Waals surface area contributed by atoms with Crippen LogP contribution in [0.2, 0.25) is 0 Å². The van der Waals surface area contributed by atoms with Gasteiger partial charge in [-0.05, 0) is 38.1 Å². The largest absolute Gasteiger partial charge is 0.313 e. The van der Waals surface area contributed by atoms with Crippen molar-refractivity contribution in [3.05, 3.63) is 16.6 Å². The van der Waals surface area contributed by atoms with Crippen molar-refractivity contribution in [2.24, 2.45) is 5.92 Å². The van der Waals surface area contributed by atoms with E-state index in [0.29, 0.717) is 24.8 Å². The van der Waals surface area contributed by atoms with Gasteiger partial charge in [-0.15, -0.1) is 11.3 Å². The van der Waals surface area contributed by atoms with Crippen LogP contribution in [-0.2, 0) is 6.42 Å². The molecule has 5 heteroatoms. The Balaban J connectivity index is 1.93. The highest BCUT2D eigenvalue weighted by atomic mass is 32.1. The standard InChI is InChI=1S/C14H22F2N2S/c1-2-7-18-13(8-12-9-17-10-19-12)11-3-5-14(15,16)6-4-11/h9-11,13,18H,2-8H2,1H3. The predicted molar refractivity (Wildman–Crippen MR) is 74.8 cm³/mol. The number of aromatic nitrogens is 1. The number of alkyl halides is 2. The van der Waals surface area contributed by atoms with E-state index in [1.54, 1.807) is 11.3 Å². The summed E-state index contributed by atoms with van der Waals surface area (Å²) in [5, 5.41) is 3.54. The highest BCUT2D eigenvalue weighted by Crippen LogP contribution is 2.38. The van der Waals surface area contributed by atoms with E-state index in [1.165, 1.54) is 4.88 Å². The Hall–Kier alpha value is -0.550. The van der Waals surface area contributed by atoms with Crippen LogP contribution in [0.3, 0.4) is 0 Å². The van der Waals surface area contributed by atoms with Gasteiger partial charge in [0.05, 0.1) is 5.51 Å². The van der Waals surface area contributed by atoms with E-state index in [-0.39, 0.29) is 12.8 Å². The summed E-state index contributed by atoms with van der Waals surface area (Å²) in [7, 11) is 0. The Morgan fingerprint density at radius 1 is 1.47 bits per heavy atom. The molecule has 1 fully saturated rings. The molecular formula is C14H22F2N2S. The SMILES string of the molecule is CCCNC(Cc1cncs1)C1CCC(F)(F)CC1. The van der Waals surface area contributed by atoms with E-state index in [4.69, 9.17) is 0 Å². The molecule has 0 aliphatic heterocycles. The van der Waals surface area contributed by atoms with Gasteiger partial charge in [-0.1, -0.05) is 6.92 Å². The molecule has 0 amide bonds. The first-order valence-corrected chi connectivity index (χ1v) is 7.97. The zero-order chi connectivity index (χ0) is 13.7. The fourth-order valence-corrected chi connectivity index (χ4v) is 3.41. The lowest BCUT2D eigenvalue weighted by molar-refractivity contribution is -0.0495. The van der Waals surface area contributed by atoms with Crippen LogP contribution in [0.15, 0.2) is 11.7 Å². The molecule has 19 heavy (non-hydrogen) atoms. The Morgan fingerprint density at radius 3 is 2.79 bits per heavy atom. The van der Waals surface area contributed by atoms with Crippen molar-refractivity contribution in [3.8, 4) is 0 Å². The van der Waals surface area contributed by atoms with E-state index in [9.17, 15) is 8.78 Å². The smallest absolute Gasteiger partial charge is 0.248 e. The van der Waals surface area contributed by atoms with Gasteiger partial charge in [0.2, 0.25) is 5.92 Å². The highest BCUT2D eigenvalue weighted by molar-refractivity contribution is 7.09. The second-order valence-corrected chi connectivity index (χ2v) is 6.40. The fourth-order valence-electron chi connectivity index (χ4n) is 2.76. The maximum absolute atomic E-state index is 13.2. The van der Waals surface area contributed by atoms with Crippen LogP contribution in [0.1, 0.15) is 43.9 Å². The van der Waals surface area contributed by atoms with E-state index >= 15 is 0 Å². The molecule has 0 saturated heterocycles. The van der Waals surface area contributed by atoms with E-state index < -0.39 is 5.92 Å². The summed E-state index contributed by atoms with van der Waals surface area (Å²) < 4.78 is 26.5. The van der Waals surface area contributed by atoms with Crippen LogP contribution in [0.4, 0.5) is 8.78 Å². The molecule has 2 rings (SSSR count). The molecule has 0 radical (unpaired) electrons. The third-order valence-corrected chi connectivity index (χ3v) is 4.69. The van der Waals surface area contributed by atoms with Crippen LogP contribution >= 0.6 is 11.3 Å². The maximum Gasteiger partial charge on any atom is 0.248 e. The molecule has 108 valence electrons. The monoisotopic (exact) mass is 288 g/mol. The number of hydrogen-bond donors (Lipinski definition) is 1. The van der Waals surface area contributed by atoms with E-state index in [2.05, 4.69) is 17.2 Å². The lowest BCUT2D eigenvalue weighted by Crippen LogP contribution is -2.41. The molecule has 1 saturated carbocycles. The number of nitrogens with one attached hydrogen (secondary N) is 1. The van der Waals surface area contributed by atoms with Crippen LogP contribution < -0.4 is 5.32 Å². The quantitative estimate of drug-likeness (QED) is 0.859. The maximum atomic E-state index is 13.2. The van der Waals surface area contributed by atoms with E-state index in [0.717, 1.165) is 19.4 Å². The van der Waals surface area contributed by atoms with Crippen molar-refractivity contribution in [1.82, 2.24) is 10.3 Å². The lowest BCUT2D eigenvalue weighted by atomic mass is 9.81. The number of halogens is 2. The molecule has 1 aromatic rings. The average molecular weight is 288 g/mol. The molecule has 0 spiro atoms. The Kier molecular flexibility index (Phi) is 5.28. The molecule has 1 atom stereocenters. The topological polar surface area (TPSA) is 24.9 Å². The third kappa shape index (κ3) is 4.49. The minimum absolute atomic E-state index is 0.0463. The summed E-state index contributed by atoms with van der Waals surface area (Å²) in [5.41, 5.74) is 1.83. The minimum atomic E-state index is -2.43. The number of nitrogens with zero attached hydrogens (tertiary/aromatic N) is 1. The van der Waals surface area contributed by atoms with Crippen molar-refractivity contribution in [1.29, 1.82) is 0 Å². The minimum Gasteiger partial charge on any atom is -0.313 e. The van der Waals surface area contributed by atoms with Crippen molar-refractivity contribution in [2.75, 3.05) is 6.54 Å². The van der Waals surface area contributed by atoms with Crippen molar-refractivity contribution >= 4 is 11.3 Å². The van der Waals surface area contributed by atoms with E-state index in [1.807, 2.05) is 11.7 Å². The molecule has 1 N–H and O–H groups in total. The third-order valence-electron chi connectivity index (χ3n) is 3.89. The normalized spacial score (nSPS) is 21.4. The fraction of sp³-hybridized carbons (Fsp3) is 0.786. The Bertz CT molecular complexity index is 358. The predicted octanol–water partition coefficient (Wildman–Crippen LogP) is 3.88. The van der Waals surface area contributed by atoms with Gasteiger partial charge in [-0.2, -0.15) is 0 Å². The van der Waals surface area contributed by atoms with Crippen molar-refractivity contribution in [3.63, 3.8) is 0 Å². The van der Waals surface area contributed by atoms with Gasteiger partial charge >= 0.3 is 0 Å². The van der Waals surface area contributed by atoms with Gasteiger partial charge in [0.15, 0.2) is 0 Å². The molecule has 1 aliphatic rings. The van der Waals surface area contributed by atoms with Gasteiger partial charge in [0.1, 0.15) is 0 Å². The van der Waals surface area contributed by atoms with Crippen LogP contribution in [0, 0.1) is 5.92 Å². The summed E-state index contributed by atoms with van der Waals surface area (Å²) in [5.74, 6) is -2.07. The van der Waals surface area contributed by atoms with Crippen LogP contribution in [0.25, 0.3) is 0 Å². The number of thiazole rings is 1. The summed E-state index contributed by atoms with van der Waals surface area (Å²) in [6.07, 6.45) is 5.24. The molecular weight excluding hydrogens is 266 g/mol. The van der Waals surface area contributed by atoms with Gasteiger partial charge in [-0.3, -0.25) is 4.98 Å². The van der Waals surface area contributed by atoms with Gasteiger partial charge < -0.3 is 5.32 Å². The van der Waals surface area contributed by atoms with Crippen molar-refractivity contribution in [2.45, 2.75) is 57.4 Å². The number of hydrogen-bond acceptors (Lipinski definition) is 3. The molecule has 1 aliphatic carbocycles. The van der Waals surface area contributed by atoms with Crippen LogP contribution in [0.5, 0.6) is 0 Å². The van der Waals surface area contributed by atoms with Gasteiger partial charge in [0, 0.05) is 30.0 Å². The summed E-state index contributed by atoms with van der Waals surface area (Å²) in [6.45, 7) is 3.09. The second kappa shape index (κ2) is 6.75. The summed E-state index contributed by atoms with van der Waals surface area (Å²) in [4.78, 5) is 5.34. The Morgan fingerprint density at radius 2 is 2.21 bits per heavy atom. The lowest BCUT2D eigenvalue weighted by Gasteiger charge is -2.34. The summed E-state index contributed by atoms with van der Waals surface area (Å²) >= 11 is 1.65. The number of rotatable bonds is 6.